The van der Waals surface area contributed by atoms with Crippen LogP contribution in [0.2, 0.25) is 0 Å². The molecule has 28 heavy (non-hydrogen) atoms. The summed E-state index contributed by atoms with van der Waals surface area (Å²) in [6.45, 7) is 2.15. The first kappa shape index (κ1) is 16.8. The summed E-state index contributed by atoms with van der Waals surface area (Å²) >= 11 is 0. The number of hydrogen-bond donors (Lipinski definition) is 0. The number of nitrogens with zero attached hydrogens (tertiary/aromatic N) is 3. The number of aromatic nitrogens is 3. The number of methoxy groups -OCH3 is 1. The Bertz CT molecular complexity index is 1190. The Morgan fingerprint density at radius 1 is 1.00 bits per heavy atom. The van der Waals surface area contributed by atoms with E-state index in [-0.39, 0.29) is 5.92 Å². The van der Waals surface area contributed by atoms with Gasteiger partial charge in [-0.1, -0.05) is 53.2 Å². The maximum absolute atomic E-state index is 5.34. The van der Waals surface area contributed by atoms with Gasteiger partial charge in [-0.3, -0.25) is 0 Å². The van der Waals surface area contributed by atoms with Crippen molar-refractivity contribution in [3.05, 3.63) is 89.0 Å². The van der Waals surface area contributed by atoms with Crippen LogP contribution < -0.4 is 4.74 Å². The fraction of sp³-hybridized carbons (Fsp3) is 0.167. The lowest BCUT2D eigenvalue weighted by molar-refractivity contribution is 0.414. The molecule has 0 spiro atoms. The number of benzene rings is 3. The Hall–Kier alpha value is -3.40. The zero-order valence-electron chi connectivity index (χ0n) is 16.0. The molecule has 4 nitrogen and oxygen atoms in total. The Balaban J connectivity index is 1.65. The van der Waals surface area contributed by atoms with Crippen molar-refractivity contribution in [1.29, 1.82) is 0 Å². The van der Waals surface area contributed by atoms with Crippen LogP contribution in [0.4, 0.5) is 0 Å². The van der Waals surface area contributed by atoms with Crippen molar-refractivity contribution in [2.75, 3.05) is 7.11 Å². The molecule has 1 unspecified atom stereocenters. The van der Waals surface area contributed by atoms with Crippen LogP contribution in [-0.4, -0.2) is 22.1 Å². The molecule has 0 aliphatic heterocycles. The molecule has 0 saturated heterocycles. The van der Waals surface area contributed by atoms with Gasteiger partial charge in [-0.15, -0.1) is 5.10 Å². The van der Waals surface area contributed by atoms with Gasteiger partial charge in [0.15, 0.2) is 0 Å². The monoisotopic (exact) mass is 367 g/mol. The molecule has 1 atom stereocenters. The molecule has 1 aromatic heterocycles. The van der Waals surface area contributed by atoms with Crippen LogP contribution in [0, 0.1) is 6.92 Å². The molecule has 0 N–H and O–H groups in total. The van der Waals surface area contributed by atoms with Crippen LogP contribution in [0.15, 0.2) is 66.7 Å². The number of fused-ring (bicyclic) bond motifs is 2. The van der Waals surface area contributed by atoms with Crippen molar-refractivity contribution >= 4 is 22.8 Å². The van der Waals surface area contributed by atoms with Crippen molar-refractivity contribution in [1.82, 2.24) is 15.0 Å². The molecule has 0 amide bonds. The summed E-state index contributed by atoms with van der Waals surface area (Å²) in [7, 11) is 1.70. The highest BCUT2D eigenvalue weighted by atomic mass is 16.5. The van der Waals surface area contributed by atoms with E-state index in [2.05, 4.69) is 59.7 Å². The molecule has 0 bridgehead atoms. The van der Waals surface area contributed by atoms with Gasteiger partial charge in [0.2, 0.25) is 0 Å². The second-order valence-electron chi connectivity index (χ2n) is 7.29. The second-order valence-corrected chi connectivity index (χ2v) is 7.29. The second kappa shape index (κ2) is 6.64. The van der Waals surface area contributed by atoms with Gasteiger partial charge in [-0.05, 0) is 54.0 Å². The van der Waals surface area contributed by atoms with Gasteiger partial charge in [0.1, 0.15) is 11.3 Å². The standard InChI is InChI=1S/C24H21N3O/c1-16-7-8-18-14-19(27-24-6-4-3-5-23(24)25-26-27)15-22(21(18)13-16)17-9-11-20(28-2)12-10-17/h3-14,22H,15H2,1-2H3. The Morgan fingerprint density at radius 2 is 1.82 bits per heavy atom. The zero-order valence-corrected chi connectivity index (χ0v) is 16.0. The molecular formula is C24H21N3O. The molecule has 0 fully saturated rings. The van der Waals surface area contributed by atoms with Crippen LogP contribution in [0.1, 0.15) is 34.6 Å². The zero-order chi connectivity index (χ0) is 19.1. The highest BCUT2D eigenvalue weighted by molar-refractivity contribution is 5.84. The number of rotatable bonds is 3. The predicted molar refractivity (Wildman–Crippen MR) is 112 cm³/mol. The molecule has 5 rings (SSSR count). The molecule has 4 heteroatoms. The van der Waals surface area contributed by atoms with E-state index in [1.165, 1.54) is 22.3 Å². The minimum atomic E-state index is 0.267. The first-order valence-electron chi connectivity index (χ1n) is 9.49. The summed E-state index contributed by atoms with van der Waals surface area (Å²) in [4.78, 5) is 0. The third-order valence-corrected chi connectivity index (χ3v) is 5.50. The van der Waals surface area contributed by atoms with E-state index in [1.54, 1.807) is 7.11 Å². The molecule has 1 aliphatic carbocycles. The lowest BCUT2D eigenvalue weighted by Gasteiger charge is -2.27. The van der Waals surface area contributed by atoms with Crippen LogP contribution in [0.25, 0.3) is 22.8 Å². The predicted octanol–water partition coefficient (Wildman–Crippen LogP) is 5.28. The molecule has 1 aliphatic rings. The van der Waals surface area contributed by atoms with Crippen LogP contribution in [0.5, 0.6) is 5.75 Å². The Labute approximate surface area is 164 Å². The fourth-order valence-electron chi connectivity index (χ4n) is 4.05. The molecule has 0 radical (unpaired) electrons. The van der Waals surface area contributed by atoms with E-state index in [9.17, 15) is 0 Å². The van der Waals surface area contributed by atoms with Gasteiger partial charge in [0, 0.05) is 18.0 Å². The molecule has 0 saturated carbocycles. The van der Waals surface area contributed by atoms with Gasteiger partial charge in [0.05, 0.1) is 12.6 Å². The fourth-order valence-corrected chi connectivity index (χ4v) is 4.05. The summed E-state index contributed by atoms with van der Waals surface area (Å²) in [5.41, 5.74) is 8.27. The van der Waals surface area contributed by atoms with Crippen molar-refractivity contribution in [2.24, 2.45) is 0 Å². The van der Waals surface area contributed by atoms with Crippen molar-refractivity contribution in [2.45, 2.75) is 19.3 Å². The largest absolute Gasteiger partial charge is 0.497 e. The van der Waals surface area contributed by atoms with E-state index in [4.69, 9.17) is 4.74 Å². The molecule has 138 valence electrons. The van der Waals surface area contributed by atoms with E-state index in [0.717, 1.165) is 28.9 Å². The molecule has 1 heterocycles. The minimum Gasteiger partial charge on any atom is -0.497 e. The van der Waals surface area contributed by atoms with Crippen molar-refractivity contribution in [3.8, 4) is 5.75 Å². The van der Waals surface area contributed by atoms with Gasteiger partial charge < -0.3 is 4.74 Å². The van der Waals surface area contributed by atoms with Gasteiger partial charge >= 0.3 is 0 Å². The first-order valence-corrected chi connectivity index (χ1v) is 9.49. The summed E-state index contributed by atoms with van der Waals surface area (Å²) in [5, 5.41) is 8.78. The Kier molecular flexibility index (Phi) is 3.97. The van der Waals surface area contributed by atoms with Gasteiger partial charge in [-0.25, -0.2) is 4.68 Å². The van der Waals surface area contributed by atoms with E-state index in [0.29, 0.717) is 0 Å². The summed E-state index contributed by atoms with van der Waals surface area (Å²) in [6, 6.07) is 23.2. The van der Waals surface area contributed by atoms with Crippen LogP contribution in [-0.2, 0) is 0 Å². The van der Waals surface area contributed by atoms with E-state index >= 15 is 0 Å². The topological polar surface area (TPSA) is 39.9 Å². The lowest BCUT2D eigenvalue weighted by Crippen LogP contribution is -2.13. The van der Waals surface area contributed by atoms with Crippen LogP contribution >= 0.6 is 0 Å². The number of ether oxygens (including phenoxy) is 1. The normalized spacial score (nSPS) is 15.9. The smallest absolute Gasteiger partial charge is 0.118 e. The van der Waals surface area contributed by atoms with Crippen molar-refractivity contribution < 1.29 is 4.74 Å². The highest BCUT2D eigenvalue weighted by Gasteiger charge is 2.25. The number of aryl methyl sites for hydroxylation is 1. The number of para-hydroxylation sites is 1. The Morgan fingerprint density at radius 3 is 2.64 bits per heavy atom. The summed E-state index contributed by atoms with van der Waals surface area (Å²) in [5.74, 6) is 1.14. The average molecular weight is 367 g/mol. The summed E-state index contributed by atoms with van der Waals surface area (Å²) < 4.78 is 7.32. The third-order valence-electron chi connectivity index (χ3n) is 5.50. The SMILES string of the molecule is COc1ccc(C2CC(n3nnc4ccccc43)=Cc3ccc(C)cc32)cc1. The van der Waals surface area contributed by atoms with Crippen molar-refractivity contribution in [3.63, 3.8) is 0 Å². The maximum atomic E-state index is 5.34. The number of hydrogen-bond acceptors (Lipinski definition) is 3. The maximum Gasteiger partial charge on any atom is 0.118 e. The molecule has 3 aromatic carbocycles. The van der Waals surface area contributed by atoms with E-state index < -0.39 is 0 Å². The van der Waals surface area contributed by atoms with Gasteiger partial charge in [0.25, 0.3) is 0 Å². The summed E-state index contributed by atoms with van der Waals surface area (Å²) in [6.07, 6.45) is 3.12. The highest BCUT2D eigenvalue weighted by Crippen LogP contribution is 2.41. The lowest BCUT2D eigenvalue weighted by atomic mass is 9.80. The number of allylic oxidation sites excluding steroid dienone is 1. The van der Waals surface area contributed by atoms with E-state index in [1.807, 2.05) is 35.0 Å². The van der Waals surface area contributed by atoms with Gasteiger partial charge in [-0.2, -0.15) is 0 Å². The minimum absolute atomic E-state index is 0.267. The quantitative estimate of drug-likeness (QED) is 0.494. The molecule has 4 aromatic rings. The molecular weight excluding hydrogens is 346 g/mol. The van der Waals surface area contributed by atoms with Crippen LogP contribution in [0.3, 0.4) is 0 Å². The average Bonchev–Trinajstić information content (AvgIpc) is 3.17. The third kappa shape index (κ3) is 2.78. The first-order chi connectivity index (χ1) is 13.7.